The summed E-state index contributed by atoms with van der Waals surface area (Å²) in [5.74, 6) is 0. The molecule has 1 spiro atoms. The Morgan fingerprint density at radius 2 is 0.891 bits per heavy atom. The number of anilines is 6. The third kappa shape index (κ3) is 3.95. The first-order valence-electron chi connectivity index (χ1n) is 19.5. The molecular weight excluding hydrogens is 663 g/mol. The van der Waals surface area contributed by atoms with Gasteiger partial charge in [0.2, 0.25) is 0 Å². The van der Waals surface area contributed by atoms with Crippen LogP contribution >= 0.6 is 0 Å². The molecule has 3 heteroatoms. The van der Waals surface area contributed by atoms with E-state index in [4.69, 9.17) is 0 Å². The highest BCUT2D eigenvalue weighted by atomic mass is 15.2. The molecule has 2 nitrogen and oxygen atoms in total. The molecule has 0 amide bonds. The zero-order valence-electron chi connectivity index (χ0n) is 31.1. The highest BCUT2D eigenvalue weighted by Crippen LogP contribution is 2.63. The Morgan fingerprint density at radius 1 is 0.364 bits per heavy atom. The summed E-state index contributed by atoms with van der Waals surface area (Å²) in [4.78, 5) is 5.05. The van der Waals surface area contributed by atoms with Gasteiger partial charge in [0.05, 0.1) is 5.41 Å². The molecule has 8 aromatic carbocycles. The quantitative estimate of drug-likeness (QED) is 0.166. The van der Waals surface area contributed by atoms with Gasteiger partial charge in [-0.2, -0.15) is 0 Å². The lowest BCUT2D eigenvalue weighted by Gasteiger charge is -2.44. The van der Waals surface area contributed by atoms with Gasteiger partial charge in [0, 0.05) is 34.1 Å². The number of nitrogens with zero attached hydrogens (tertiary/aromatic N) is 2. The first-order chi connectivity index (χ1) is 27.0. The minimum absolute atomic E-state index is 0.112. The molecule has 0 radical (unpaired) electrons. The predicted octanol–water partition coefficient (Wildman–Crippen LogP) is 11.0. The number of hydrogen-bond acceptors (Lipinski definition) is 2. The van der Waals surface area contributed by atoms with E-state index in [-0.39, 0.29) is 12.1 Å². The van der Waals surface area contributed by atoms with Gasteiger partial charge in [-0.05, 0) is 147 Å². The summed E-state index contributed by atoms with van der Waals surface area (Å²) in [6.07, 6.45) is 0. The van der Waals surface area contributed by atoms with Crippen LogP contribution in [0.15, 0.2) is 170 Å². The van der Waals surface area contributed by atoms with Crippen molar-refractivity contribution in [3.63, 3.8) is 0 Å². The lowest BCUT2D eigenvalue weighted by atomic mass is 9.33. The van der Waals surface area contributed by atoms with Crippen LogP contribution in [0.25, 0.3) is 22.3 Å². The molecular formula is C52H37BN2. The average molecular weight is 701 g/mol. The highest BCUT2D eigenvalue weighted by Gasteiger charge is 2.52. The fourth-order valence-electron chi connectivity index (χ4n) is 10.9. The summed E-state index contributed by atoms with van der Waals surface area (Å²) in [5.41, 5.74) is 25.6. The van der Waals surface area contributed by atoms with E-state index in [9.17, 15) is 0 Å². The summed E-state index contributed by atoms with van der Waals surface area (Å²) >= 11 is 0. The maximum Gasteiger partial charge on any atom is 0.252 e. The van der Waals surface area contributed by atoms with Crippen LogP contribution < -0.4 is 26.2 Å². The van der Waals surface area contributed by atoms with Gasteiger partial charge in [0.15, 0.2) is 0 Å². The molecule has 0 saturated heterocycles. The van der Waals surface area contributed by atoms with Gasteiger partial charge in [-0.1, -0.05) is 121 Å². The van der Waals surface area contributed by atoms with Gasteiger partial charge >= 0.3 is 0 Å². The summed E-state index contributed by atoms with van der Waals surface area (Å²) in [6, 6.07) is 64.5. The molecule has 2 heterocycles. The van der Waals surface area contributed by atoms with E-state index >= 15 is 0 Å². The molecule has 0 atom stereocenters. The summed E-state index contributed by atoms with van der Waals surface area (Å²) in [7, 11) is 0. The number of fused-ring (bicyclic) bond motifs is 14. The second kappa shape index (κ2) is 11.0. The second-order valence-electron chi connectivity index (χ2n) is 15.9. The fraction of sp³-hybridized carbons (Fsp3) is 0.0769. The zero-order valence-corrected chi connectivity index (χ0v) is 31.1. The van der Waals surface area contributed by atoms with E-state index in [0.29, 0.717) is 0 Å². The minimum atomic E-state index is -0.358. The molecule has 12 rings (SSSR count). The maximum absolute atomic E-state index is 2.54. The van der Waals surface area contributed by atoms with Crippen LogP contribution in [0.1, 0.15) is 38.9 Å². The fourth-order valence-corrected chi connectivity index (χ4v) is 10.9. The molecule has 2 aliphatic heterocycles. The zero-order chi connectivity index (χ0) is 36.6. The molecule has 258 valence electrons. The van der Waals surface area contributed by atoms with Gasteiger partial charge in [-0.3, -0.25) is 0 Å². The largest absolute Gasteiger partial charge is 0.311 e. The van der Waals surface area contributed by atoms with Crippen molar-refractivity contribution in [2.45, 2.75) is 26.2 Å². The Balaban J connectivity index is 1.12. The Labute approximate surface area is 323 Å². The summed E-state index contributed by atoms with van der Waals surface area (Å²) < 4.78 is 0. The third-order valence-electron chi connectivity index (χ3n) is 12.8. The smallest absolute Gasteiger partial charge is 0.252 e. The van der Waals surface area contributed by atoms with Crippen molar-refractivity contribution in [3.8, 4) is 22.3 Å². The van der Waals surface area contributed by atoms with E-state index in [2.05, 4.69) is 200 Å². The number of aryl methyl sites for hydroxylation is 3. The Kier molecular flexibility index (Phi) is 6.16. The van der Waals surface area contributed by atoms with Crippen LogP contribution in [0.2, 0.25) is 0 Å². The Hall–Kier alpha value is -6.58. The van der Waals surface area contributed by atoms with Crippen molar-refractivity contribution in [2.24, 2.45) is 0 Å². The van der Waals surface area contributed by atoms with Gasteiger partial charge in [-0.15, -0.1) is 0 Å². The van der Waals surface area contributed by atoms with Crippen LogP contribution in [0.5, 0.6) is 0 Å². The number of benzene rings is 8. The molecule has 0 aromatic heterocycles. The second-order valence-corrected chi connectivity index (χ2v) is 15.9. The Bertz CT molecular complexity index is 2890. The maximum atomic E-state index is 2.54. The first kappa shape index (κ1) is 30.8. The highest BCUT2D eigenvalue weighted by molar-refractivity contribution is 7.00. The van der Waals surface area contributed by atoms with Crippen molar-refractivity contribution in [1.29, 1.82) is 0 Å². The lowest BCUT2D eigenvalue weighted by Crippen LogP contribution is -2.61. The van der Waals surface area contributed by atoms with Crippen molar-refractivity contribution in [1.82, 2.24) is 0 Å². The molecule has 0 fully saturated rings. The molecule has 4 aliphatic rings. The number of rotatable bonds is 2. The van der Waals surface area contributed by atoms with Crippen LogP contribution in [0.4, 0.5) is 34.1 Å². The van der Waals surface area contributed by atoms with E-state index < -0.39 is 0 Å². The minimum Gasteiger partial charge on any atom is -0.311 e. The standard InChI is InChI=1S/C52H37BN2/c1-32-23-26-46-50(30-32)55(36-28-33(2)27-34(3)29-36)49-22-12-21-48-51(49)53(46)45-19-10-11-20-47(45)54(48)35-24-25-44-40(31-35)39-15-6-9-18-43(39)52(44)41-16-7-4-13-37(41)38-14-5-8-17-42(38)52/h4-31H,1-3H3. The molecule has 0 bridgehead atoms. The summed E-state index contributed by atoms with van der Waals surface area (Å²) in [6.45, 7) is 6.73. The van der Waals surface area contributed by atoms with E-state index in [1.165, 1.54) is 112 Å². The van der Waals surface area contributed by atoms with Crippen LogP contribution in [0, 0.1) is 20.8 Å². The van der Waals surface area contributed by atoms with Crippen molar-refractivity contribution in [3.05, 3.63) is 209 Å². The number of hydrogen-bond donors (Lipinski definition) is 0. The molecule has 2 aliphatic carbocycles. The van der Waals surface area contributed by atoms with E-state index in [0.717, 1.165) is 0 Å². The average Bonchev–Trinajstić information content (AvgIpc) is 3.67. The summed E-state index contributed by atoms with van der Waals surface area (Å²) in [5, 5.41) is 0. The molecule has 55 heavy (non-hydrogen) atoms. The lowest BCUT2D eigenvalue weighted by molar-refractivity contribution is 0.794. The van der Waals surface area contributed by atoms with Crippen LogP contribution in [0.3, 0.4) is 0 Å². The third-order valence-corrected chi connectivity index (χ3v) is 12.8. The predicted molar refractivity (Wildman–Crippen MR) is 231 cm³/mol. The van der Waals surface area contributed by atoms with Gasteiger partial charge in [0.1, 0.15) is 0 Å². The van der Waals surface area contributed by atoms with E-state index in [1.54, 1.807) is 0 Å². The van der Waals surface area contributed by atoms with Gasteiger partial charge < -0.3 is 9.80 Å². The molecule has 0 N–H and O–H groups in total. The SMILES string of the molecule is Cc1cc(C)cc(N2c3cc(C)ccc3B3c4ccccc4N(c4ccc5c(c4)-c4ccccc4C54c5ccccc5-c5ccccc54)c4cccc2c43)c1. The first-order valence-corrected chi connectivity index (χ1v) is 19.5. The molecule has 0 saturated carbocycles. The van der Waals surface area contributed by atoms with Gasteiger partial charge in [-0.25, -0.2) is 0 Å². The van der Waals surface area contributed by atoms with Crippen LogP contribution in [-0.2, 0) is 5.41 Å². The molecule has 8 aromatic rings. The van der Waals surface area contributed by atoms with Crippen LogP contribution in [-0.4, -0.2) is 6.71 Å². The Morgan fingerprint density at radius 3 is 1.56 bits per heavy atom. The van der Waals surface area contributed by atoms with Crippen molar-refractivity contribution in [2.75, 3.05) is 9.80 Å². The van der Waals surface area contributed by atoms with E-state index in [1.807, 2.05) is 0 Å². The van der Waals surface area contributed by atoms with Crippen molar-refractivity contribution >= 4 is 57.2 Å². The van der Waals surface area contributed by atoms with Crippen molar-refractivity contribution < 1.29 is 0 Å². The normalized spacial score (nSPS) is 14.5. The number of para-hydroxylation sites is 1. The van der Waals surface area contributed by atoms with Gasteiger partial charge in [0.25, 0.3) is 6.71 Å². The molecule has 0 unspecified atom stereocenters. The monoisotopic (exact) mass is 700 g/mol. The topological polar surface area (TPSA) is 6.48 Å².